The smallest absolute Gasteiger partial charge is 0.341 e. The third-order valence-electron chi connectivity index (χ3n) is 4.79. The van der Waals surface area contributed by atoms with Crippen molar-refractivity contribution < 1.29 is 38.6 Å². The molecule has 0 aliphatic rings. The van der Waals surface area contributed by atoms with Crippen LogP contribution in [-0.4, -0.2) is 66.7 Å². The minimum Gasteiger partial charge on any atom is -0.480 e. The third-order valence-corrected chi connectivity index (χ3v) is 4.79. The molecule has 7 N–H and O–H groups in total. The zero-order valence-corrected chi connectivity index (χ0v) is 23.6. The molecule has 0 aliphatic carbocycles. The van der Waals surface area contributed by atoms with Gasteiger partial charge in [-0.25, -0.2) is 9.59 Å². The summed E-state index contributed by atoms with van der Waals surface area (Å²) < 4.78 is 10.3. The summed E-state index contributed by atoms with van der Waals surface area (Å²) in [6.07, 6.45) is 1.16. The molecule has 1 rings (SSSR count). The van der Waals surface area contributed by atoms with Gasteiger partial charge in [-0.2, -0.15) is 0 Å². The number of aliphatic carboxylic acids is 1. The van der Waals surface area contributed by atoms with E-state index in [4.69, 9.17) is 20.3 Å². The van der Waals surface area contributed by atoms with E-state index in [0.29, 0.717) is 12.1 Å². The molecule has 0 aliphatic heterocycles. The molecule has 13 nitrogen and oxygen atoms in total. The summed E-state index contributed by atoms with van der Waals surface area (Å²) >= 11 is 0. The number of rotatable bonds is 15. The number of nitrogens with two attached hydrogens (primary N) is 1. The van der Waals surface area contributed by atoms with Gasteiger partial charge in [0.25, 0.3) is 0 Å². The summed E-state index contributed by atoms with van der Waals surface area (Å²) in [5.74, 6) is -2.22. The van der Waals surface area contributed by atoms with Gasteiger partial charge < -0.3 is 41.6 Å². The Labute approximate surface area is 229 Å². The van der Waals surface area contributed by atoms with Crippen LogP contribution in [0.3, 0.4) is 0 Å². The Balaban J connectivity index is 0.00000181. The predicted octanol–water partition coefficient (Wildman–Crippen LogP) is 1.75. The summed E-state index contributed by atoms with van der Waals surface area (Å²) in [7, 11) is 0. The fourth-order valence-corrected chi connectivity index (χ4v) is 2.93. The lowest BCUT2D eigenvalue weighted by molar-refractivity contribution is -0.144. The number of carboxylic acid groups (broad SMARTS) is 1. The van der Waals surface area contributed by atoms with Gasteiger partial charge in [0.2, 0.25) is 11.8 Å². The minimum atomic E-state index is -1.19. The van der Waals surface area contributed by atoms with Crippen LogP contribution in [0, 0.1) is 5.92 Å². The normalized spacial score (nSPS) is 11.1. The van der Waals surface area contributed by atoms with Crippen molar-refractivity contribution in [2.45, 2.75) is 73.1 Å². The molecule has 1 aromatic rings. The summed E-state index contributed by atoms with van der Waals surface area (Å²) in [6, 6.07) is 3.84. The average molecular weight is 554 g/mol. The number of hydrogen-bond acceptors (Lipinski definition) is 8. The molecule has 0 aromatic heterocycles. The molecular formula is C26H43N5O8. The molecule has 0 fully saturated rings. The van der Waals surface area contributed by atoms with Gasteiger partial charge in [-0.05, 0) is 30.0 Å². The number of benzene rings is 1. The molecule has 13 heteroatoms. The summed E-state index contributed by atoms with van der Waals surface area (Å²) in [4.78, 5) is 56.9. The van der Waals surface area contributed by atoms with E-state index in [1.165, 1.54) is 12.1 Å². The molecule has 0 saturated heterocycles. The average Bonchev–Trinajstić information content (AvgIpc) is 2.87. The Morgan fingerprint density at radius 1 is 1.03 bits per heavy atom. The first-order valence-corrected chi connectivity index (χ1v) is 12.8. The number of esters is 1. The van der Waals surface area contributed by atoms with Gasteiger partial charge in [0.05, 0.1) is 18.3 Å². The van der Waals surface area contributed by atoms with Gasteiger partial charge >= 0.3 is 18.0 Å². The maximum Gasteiger partial charge on any atom is 0.341 e. The number of anilines is 1. The monoisotopic (exact) mass is 553 g/mol. The van der Waals surface area contributed by atoms with Gasteiger partial charge in [0.1, 0.15) is 12.4 Å². The lowest BCUT2D eigenvalue weighted by Gasteiger charge is -2.23. The molecule has 1 aromatic carbocycles. The van der Waals surface area contributed by atoms with Gasteiger partial charge in [-0.3, -0.25) is 14.4 Å². The highest BCUT2D eigenvalue weighted by Crippen LogP contribution is 2.26. The first kappa shape index (κ1) is 35.1. The largest absolute Gasteiger partial charge is 0.480 e. The summed E-state index contributed by atoms with van der Waals surface area (Å²) in [5.41, 5.74) is 5.53. The first-order chi connectivity index (χ1) is 18.3. The molecule has 0 saturated carbocycles. The van der Waals surface area contributed by atoms with Crippen LogP contribution in [0.5, 0.6) is 5.75 Å². The second kappa shape index (κ2) is 19.2. The number of hydrogen-bond donors (Lipinski definition) is 6. The zero-order valence-electron chi connectivity index (χ0n) is 23.6. The summed E-state index contributed by atoms with van der Waals surface area (Å²) in [6.45, 7) is 11.1. The second-order valence-electron chi connectivity index (χ2n) is 9.13. The van der Waals surface area contributed by atoms with E-state index in [1.54, 1.807) is 13.0 Å². The van der Waals surface area contributed by atoms with E-state index in [-0.39, 0.29) is 54.8 Å². The molecule has 39 heavy (non-hydrogen) atoms. The van der Waals surface area contributed by atoms with Crippen molar-refractivity contribution >= 4 is 35.5 Å². The van der Waals surface area contributed by atoms with Gasteiger partial charge in [-0.1, -0.05) is 47.6 Å². The van der Waals surface area contributed by atoms with Gasteiger partial charge in [0.15, 0.2) is 6.61 Å². The number of carbonyl (C=O) groups is 5. The fraction of sp³-hybridized carbons (Fsp3) is 0.577. The lowest BCUT2D eigenvalue weighted by Crippen LogP contribution is -2.51. The SMILES string of the molecule is CCC(=O)OCc1ccc(NC(=O)CNC(=O)C(NC(C)C)C(C)C)c(OCC(=O)O)c1.CCCNC(N)=O. The molecule has 0 spiro atoms. The highest BCUT2D eigenvalue weighted by atomic mass is 16.5. The molecular weight excluding hydrogens is 510 g/mol. The Morgan fingerprint density at radius 2 is 1.69 bits per heavy atom. The topological polar surface area (TPSA) is 198 Å². The van der Waals surface area contributed by atoms with Crippen molar-refractivity contribution in [2.24, 2.45) is 11.7 Å². The van der Waals surface area contributed by atoms with Crippen LogP contribution in [0.4, 0.5) is 10.5 Å². The maximum absolute atomic E-state index is 12.4. The van der Waals surface area contributed by atoms with E-state index >= 15 is 0 Å². The molecule has 1 atom stereocenters. The first-order valence-electron chi connectivity index (χ1n) is 12.8. The Hall–Kier alpha value is -3.87. The third kappa shape index (κ3) is 16.6. The second-order valence-corrected chi connectivity index (χ2v) is 9.13. The molecule has 0 heterocycles. The maximum atomic E-state index is 12.4. The van der Waals surface area contributed by atoms with E-state index in [9.17, 15) is 24.0 Å². The molecule has 220 valence electrons. The van der Waals surface area contributed by atoms with E-state index < -0.39 is 30.6 Å². The van der Waals surface area contributed by atoms with Crippen LogP contribution in [0.2, 0.25) is 0 Å². The van der Waals surface area contributed by atoms with Crippen molar-refractivity contribution in [1.29, 1.82) is 0 Å². The zero-order chi connectivity index (χ0) is 30.0. The number of amides is 4. The van der Waals surface area contributed by atoms with Crippen molar-refractivity contribution in [3.63, 3.8) is 0 Å². The number of carbonyl (C=O) groups excluding carboxylic acids is 4. The number of urea groups is 1. The van der Waals surface area contributed by atoms with E-state index in [1.807, 2.05) is 34.6 Å². The van der Waals surface area contributed by atoms with Crippen LogP contribution >= 0.6 is 0 Å². The van der Waals surface area contributed by atoms with Crippen LogP contribution in [0.25, 0.3) is 0 Å². The Bertz CT molecular complexity index is 952. The standard InChI is InChI=1S/C22H33N3O7.C4H10N2O/c1-6-20(29)32-11-15-7-8-16(17(9-15)31-12-19(27)28)25-18(26)10-23-22(30)21(13(2)3)24-14(4)5;1-2-3-6-4(5)7/h7-9,13-14,21,24H,6,10-12H2,1-5H3,(H,23,30)(H,25,26)(H,27,28);2-3H2,1H3,(H3,5,6,7). The van der Waals surface area contributed by atoms with Crippen molar-refractivity contribution in [3.05, 3.63) is 23.8 Å². The van der Waals surface area contributed by atoms with Crippen molar-refractivity contribution in [1.82, 2.24) is 16.0 Å². The van der Waals surface area contributed by atoms with Crippen LogP contribution in [0.15, 0.2) is 18.2 Å². The molecule has 1 unspecified atom stereocenters. The quantitative estimate of drug-likeness (QED) is 0.175. The summed E-state index contributed by atoms with van der Waals surface area (Å²) in [5, 5.41) is 19.7. The predicted molar refractivity (Wildman–Crippen MR) is 146 cm³/mol. The van der Waals surface area contributed by atoms with Crippen LogP contribution in [0.1, 0.15) is 59.9 Å². The van der Waals surface area contributed by atoms with Crippen LogP contribution < -0.4 is 31.7 Å². The van der Waals surface area contributed by atoms with Crippen molar-refractivity contribution in [2.75, 3.05) is 25.0 Å². The minimum absolute atomic E-state index is 0.0141. The van der Waals surface area contributed by atoms with Crippen molar-refractivity contribution in [3.8, 4) is 5.75 Å². The van der Waals surface area contributed by atoms with Crippen LogP contribution in [-0.2, 0) is 30.5 Å². The van der Waals surface area contributed by atoms with Gasteiger partial charge in [-0.15, -0.1) is 0 Å². The number of nitrogens with one attached hydrogen (secondary N) is 4. The lowest BCUT2D eigenvalue weighted by atomic mass is 10.0. The van der Waals surface area contributed by atoms with Gasteiger partial charge in [0, 0.05) is 19.0 Å². The molecule has 4 amide bonds. The number of primary amides is 1. The highest BCUT2D eigenvalue weighted by molar-refractivity contribution is 5.96. The number of carboxylic acids is 1. The number of ether oxygens (including phenoxy) is 2. The Kier molecular flexibility index (Phi) is 17.3. The highest BCUT2D eigenvalue weighted by Gasteiger charge is 2.23. The van der Waals surface area contributed by atoms with E-state index in [2.05, 4.69) is 21.3 Å². The molecule has 0 radical (unpaired) electrons. The van der Waals surface area contributed by atoms with E-state index in [0.717, 1.165) is 6.42 Å². The fourth-order valence-electron chi connectivity index (χ4n) is 2.93. The Morgan fingerprint density at radius 3 is 2.18 bits per heavy atom. The molecule has 0 bridgehead atoms.